The van der Waals surface area contributed by atoms with Crippen molar-refractivity contribution in [2.75, 3.05) is 50.5 Å². The van der Waals surface area contributed by atoms with Gasteiger partial charge < -0.3 is 24.6 Å². The van der Waals surface area contributed by atoms with E-state index in [0.717, 1.165) is 106 Å². The van der Waals surface area contributed by atoms with Gasteiger partial charge in [0.2, 0.25) is 12.4 Å². The number of rotatable bonds is 8. The number of aryl methyl sites for hydroxylation is 1. The van der Waals surface area contributed by atoms with Crippen molar-refractivity contribution in [3.8, 4) is 0 Å². The third-order valence-corrected chi connectivity index (χ3v) is 8.53. The lowest BCUT2D eigenvalue weighted by Crippen LogP contribution is -2.45. The number of pyridine rings is 1. The van der Waals surface area contributed by atoms with Crippen LogP contribution in [0, 0.1) is 0 Å². The number of hydrogen-bond acceptors (Lipinski definition) is 7. The molecular weight excluding hydrogens is 609 g/mol. The molecular formula is C34H41F3N8O2. The molecule has 10 nitrogen and oxygen atoms in total. The van der Waals surface area contributed by atoms with Gasteiger partial charge in [-0.05, 0) is 55.2 Å². The predicted molar refractivity (Wildman–Crippen MR) is 176 cm³/mol. The third-order valence-electron chi connectivity index (χ3n) is 8.53. The Kier molecular flexibility index (Phi) is 10.6. The van der Waals surface area contributed by atoms with E-state index >= 15 is 0 Å². The fourth-order valence-electron chi connectivity index (χ4n) is 5.99. The molecule has 3 aromatic heterocycles. The van der Waals surface area contributed by atoms with E-state index in [2.05, 4.69) is 24.8 Å². The zero-order valence-electron chi connectivity index (χ0n) is 27.0. The Morgan fingerprint density at radius 1 is 1.00 bits per heavy atom. The van der Waals surface area contributed by atoms with E-state index in [4.69, 9.17) is 4.98 Å². The third kappa shape index (κ3) is 8.19. The van der Waals surface area contributed by atoms with Crippen molar-refractivity contribution in [2.24, 2.45) is 0 Å². The molecule has 0 bridgehead atoms. The summed E-state index contributed by atoms with van der Waals surface area (Å²) in [6.07, 6.45) is 6.49. The first-order valence-corrected chi connectivity index (χ1v) is 16.0. The van der Waals surface area contributed by atoms with Crippen LogP contribution in [0.25, 0.3) is 11.0 Å². The number of halogens is 3. The van der Waals surface area contributed by atoms with Crippen molar-refractivity contribution in [3.05, 3.63) is 71.7 Å². The molecule has 0 unspecified atom stereocenters. The summed E-state index contributed by atoms with van der Waals surface area (Å²) < 4.78 is 38.4. The van der Waals surface area contributed by atoms with E-state index in [9.17, 15) is 22.8 Å². The number of aromatic nitrogens is 4. The van der Waals surface area contributed by atoms with Gasteiger partial charge in [0.15, 0.2) is 0 Å². The number of alkyl halides is 3. The second kappa shape index (κ2) is 14.8. The molecule has 1 saturated heterocycles. The van der Waals surface area contributed by atoms with Gasteiger partial charge in [0, 0.05) is 57.9 Å². The SMILES string of the molecule is CCCc1ccc(C(F)(F)F)cc1.CN(C)C(=O)c1cc2cnc(Nc3ccc(N4CCN(C=O)CC4)cn3)nc2n1C1CCCC1. The minimum absolute atomic E-state index is 0.0226. The summed E-state index contributed by atoms with van der Waals surface area (Å²) in [7, 11) is 3.55. The Hall–Kier alpha value is -4.68. The van der Waals surface area contributed by atoms with Crippen LogP contribution in [0.1, 0.15) is 66.7 Å². The highest BCUT2D eigenvalue weighted by Crippen LogP contribution is 2.35. The molecule has 2 fully saturated rings. The van der Waals surface area contributed by atoms with Gasteiger partial charge in [-0.15, -0.1) is 0 Å². The Labute approximate surface area is 272 Å². The van der Waals surface area contributed by atoms with Gasteiger partial charge in [0.1, 0.15) is 17.2 Å². The van der Waals surface area contributed by atoms with Crippen molar-refractivity contribution in [1.82, 2.24) is 29.3 Å². The van der Waals surface area contributed by atoms with Crippen LogP contribution in [0.4, 0.5) is 30.6 Å². The van der Waals surface area contributed by atoms with E-state index < -0.39 is 11.7 Å². The van der Waals surface area contributed by atoms with E-state index in [1.54, 1.807) is 30.1 Å². The molecule has 1 N–H and O–H groups in total. The summed E-state index contributed by atoms with van der Waals surface area (Å²) in [4.78, 5) is 43.2. The lowest BCUT2D eigenvalue weighted by Gasteiger charge is -2.33. The van der Waals surface area contributed by atoms with Crippen LogP contribution in [0.2, 0.25) is 0 Å². The topological polar surface area (TPSA) is 99.5 Å². The van der Waals surface area contributed by atoms with E-state index in [1.807, 2.05) is 31.3 Å². The Balaban J connectivity index is 0.000000281. The van der Waals surface area contributed by atoms with Gasteiger partial charge in [-0.1, -0.05) is 38.3 Å². The molecule has 0 radical (unpaired) electrons. The molecule has 13 heteroatoms. The van der Waals surface area contributed by atoms with Crippen molar-refractivity contribution in [1.29, 1.82) is 0 Å². The highest BCUT2D eigenvalue weighted by Gasteiger charge is 2.30. The molecule has 47 heavy (non-hydrogen) atoms. The molecule has 1 aromatic carbocycles. The van der Waals surface area contributed by atoms with Crippen LogP contribution >= 0.6 is 0 Å². The second-order valence-corrected chi connectivity index (χ2v) is 12.1. The van der Waals surface area contributed by atoms with Crippen LogP contribution in [0.5, 0.6) is 0 Å². The Bertz CT molecular complexity index is 1640. The number of amides is 2. The van der Waals surface area contributed by atoms with E-state index in [-0.39, 0.29) is 11.9 Å². The van der Waals surface area contributed by atoms with Crippen LogP contribution in [-0.4, -0.2) is 81.9 Å². The smallest absolute Gasteiger partial charge is 0.367 e. The summed E-state index contributed by atoms with van der Waals surface area (Å²) in [5, 5.41) is 4.07. The first-order valence-electron chi connectivity index (χ1n) is 16.0. The number of piperazine rings is 1. The largest absolute Gasteiger partial charge is 0.416 e. The van der Waals surface area contributed by atoms with Gasteiger partial charge in [0.25, 0.3) is 5.91 Å². The number of carbonyl (C=O) groups excluding carboxylic acids is 2. The van der Waals surface area contributed by atoms with Crippen molar-refractivity contribution in [3.63, 3.8) is 0 Å². The molecule has 1 aliphatic carbocycles. The molecule has 4 aromatic rings. The fraction of sp³-hybridized carbons (Fsp3) is 0.441. The van der Waals surface area contributed by atoms with Crippen LogP contribution in [-0.2, 0) is 17.4 Å². The standard InChI is InChI=1S/C24H30N8O2.C10H11F3/c1-29(2)23(34)20-13-17-14-26-24(28-22(17)32(20)18-5-3-4-6-18)27-21-8-7-19(15-25-21)31-11-9-30(16-33)10-12-31;1-2-3-8-4-6-9(7-5-8)10(11,12)13/h7-8,13-16,18H,3-6,9-12H2,1-2H3,(H,25,26,27,28);4-7H,2-3H2,1H3. The number of nitrogens with one attached hydrogen (secondary N) is 1. The highest BCUT2D eigenvalue weighted by atomic mass is 19.4. The average Bonchev–Trinajstić information content (AvgIpc) is 3.73. The summed E-state index contributed by atoms with van der Waals surface area (Å²) in [6, 6.07) is 11.4. The average molecular weight is 651 g/mol. The number of anilines is 3. The van der Waals surface area contributed by atoms with E-state index in [0.29, 0.717) is 17.5 Å². The number of benzene rings is 1. The monoisotopic (exact) mass is 650 g/mol. The van der Waals surface area contributed by atoms with Crippen molar-refractivity contribution < 1.29 is 22.8 Å². The zero-order valence-corrected chi connectivity index (χ0v) is 27.0. The second-order valence-electron chi connectivity index (χ2n) is 12.1. The van der Waals surface area contributed by atoms with Crippen LogP contribution < -0.4 is 10.2 Å². The maximum atomic E-state index is 12.9. The Morgan fingerprint density at radius 2 is 1.70 bits per heavy atom. The van der Waals surface area contributed by atoms with E-state index in [1.165, 1.54) is 12.1 Å². The fourth-order valence-corrected chi connectivity index (χ4v) is 5.99. The number of nitrogens with zero attached hydrogens (tertiary/aromatic N) is 7. The molecule has 2 amide bonds. The maximum absolute atomic E-state index is 12.9. The molecule has 0 atom stereocenters. The number of carbonyl (C=O) groups is 2. The number of fused-ring (bicyclic) bond motifs is 1. The van der Waals surface area contributed by atoms with Crippen LogP contribution in [0.3, 0.4) is 0 Å². The van der Waals surface area contributed by atoms with Gasteiger partial charge in [-0.3, -0.25) is 9.59 Å². The molecule has 2 aliphatic rings. The first kappa shape index (κ1) is 33.7. The maximum Gasteiger partial charge on any atom is 0.416 e. The minimum Gasteiger partial charge on any atom is -0.367 e. The first-order chi connectivity index (χ1) is 22.6. The zero-order chi connectivity index (χ0) is 33.6. The van der Waals surface area contributed by atoms with Gasteiger partial charge in [-0.25, -0.2) is 9.97 Å². The molecule has 1 aliphatic heterocycles. The molecule has 6 rings (SSSR count). The molecule has 250 valence electrons. The quantitative estimate of drug-likeness (QED) is 0.223. The minimum atomic E-state index is -4.22. The Morgan fingerprint density at radius 3 is 2.28 bits per heavy atom. The van der Waals surface area contributed by atoms with Gasteiger partial charge in [-0.2, -0.15) is 18.2 Å². The van der Waals surface area contributed by atoms with Crippen molar-refractivity contribution in [2.45, 2.75) is 57.7 Å². The molecule has 4 heterocycles. The molecule has 0 spiro atoms. The van der Waals surface area contributed by atoms with Crippen molar-refractivity contribution >= 4 is 40.8 Å². The summed E-state index contributed by atoms with van der Waals surface area (Å²) in [5.74, 6) is 1.08. The molecule has 1 saturated carbocycles. The summed E-state index contributed by atoms with van der Waals surface area (Å²) >= 11 is 0. The lowest BCUT2D eigenvalue weighted by molar-refractivity contribution is -0.137. The van der Waals surface area contributed by atoms with Gasteiger partial charge in [0.05, 0.1) is 17.4 Å². The normalized spacial score (nSPS) is 15.4. The predicted octanol–water partition coefficient (Wildman–Crippen LogP) is 6.32. The highest BCUT2D eigenvalue weighted by molar-refractivity contribution is 5.97. The lowest BCUT2D eigenvalue weighted by atomic mass is 10.1. The summed E-state index contributed by atoms with van der Waals surface area (Å²) in [6.45, 7) is 5.02. The number of hydrogen-bond donors (Lipinski definition) is 1. The summed E-state index contributed by atoms with van der Waals surface area (Å²) in [5.41, 5.74) is 2.84. The van der Waals surface area contributed by atoms with Crippen LogP contribution in [0.15, 0.2) is 54.9 Å². The van der Waals surface area contributed by atoms with Gasteiger partial charge >= 0.3 is 6.18 Å².